The third kappa shape index (κ3) is 5.74. The highest BCUT2D eigenvalue weighted by Gasteiger charge is 2.24. The van der Waals surface area contributed by atoms with Crippen molar-refractivity contribution in [1.29, 1.82) is 0 Å². The summed E-state index contributed by atoms with van der Waals surface area (Å²) in [7, 11) is 0. The summed E-state index contributed by atoms with van der Waals surface area (Å²) in [6.45, 7) is 2.00. The Morgan fingerprint density at radius 3 is 2.18 bits per heavy atom. The Bertz CT molecular complexity index is 1110. The fourth-order valence-electron chi connectivity index (χ4n) is 3.68. The number of halogens is 5. The molecule has 0 saturated carbocycles. The lowest BCUT2D eigenvalue weighted by atomic mass is 10.1. The van der Waals surface area contributed by atoms with E-state index in [0.717, 1.165) is 31.8 Å². The van der Waals surface area contributed by atoms with Crippen LogP contribution in [0.3, 0.4) is 0 Å². The van der Waals surface area contributed by atoms with E-state index in [1.807, 2.05) is 12.1 Å². The minimum Gasteiger partial charge on any atom is -0.481 e. The first-order valence-electron chi connectivity index (χ1n) is 10.6. The Labute approximate surface area is 222 Å². The summed E-state index contributed by atoms with van der Waals surface area (Å²) in [5.74, 6) is 1.71. The second-order valence-corrected chi connectivity index (χ2v) is 9.69. The van der Waals surface area contributed by atoms with Gasteiger partial charge in [-0.15, -0.1) is 0 Å². The van der Waals surface area contributed by atoms with Crippen molar-refractivity contribution in [3.63, 3.8) is 0 Å². The van der Waals surface area contributed by atoms with Crippen molar-refractivity contribution in [1.82, 2.24) is 4.90 Å². The lowest BCUT2D eigenvalue weighted by Gasteiger charge is -2.26. The molecule has 1 aromatic carbocycles. The number of carbonyl (C=O) groups excluding carboxylic acids is 1. The van der Waals surface area contributed by atoms with Crippen LogP contribution in [-0.4, -0.2) is 30.5 Å². The van der Waals surface area contributed by atoms with E-state index in [9.17, 15) is 4.79 Å². The molecule has 0 N–H and O–H groups in total. The van der Waals surface area contributed by atoms with Crippen LogP contribution >= 0.6 is 58.0 Å². The van der Waals surface area contributed by atoms with E-state index >= 15 is 0 Å². The largest absolute Gasteiger partial charge is 0.481 e. The third-order valence-corrected chi connectivity index (χ3v) is 7.69. The number of anilines is 1. The van der Waals surface area contributed by atoms with Crippen molar-refractivity contribution in [2.45, 2.75) is 32.4 Å². The molecular formula is C23H21Cl5N2O4. The van der Waals surface area contributed by atoms with Gasteiger partial charge >= 0.3 is 0 Å². The highest BCUT2D eigenvalue weighted by molar-refractivity contribution is 6.55. The summed E-state index contributed by atoms with van der Waals surface area (Å²) in [5, 5.41) is -0.0481. The van der Waals surface area contributed by atoms with Gasteiger partial charge in [0.25, 0.3) is 5.91 Å². The van der Waals surface area contributed by atoms with Gasteiger partial charge in [0.05, 0.1) is 34.4 Å². The second kappa shape index (κ2) is 11.4. The fourth-order valence-corrected chi connectivity index (χ4v) is 4.91. The summed E-state index contributed by atoms with van der Waals surface area (Å²) in [5.41, 5.74) is 0. The molecule has 3 aromatic rings. The number of amides is 1. The first-order valence-corrected chi connectivity index (χ1v) is 12.5. The molecule has 0 bridgehead atoms. The van der Waals surface area contributed by atoms with Crippen molar-refractivity contribution in [3.8, 4) is 5.75 Å². The Balaban J connectivity index is 1.49. The van der Waals surface area contributed by atoms with Crippen LogP contribution in [0, 0.1) is 0 Å². The maximum absolute atomic E-state index is 13.1. The number of hydrogen-bond acceptors (Lipinski definition) is 5. The van der Waals surface area contributed by atoms with Gasteiger partial charge in [0, 0.05) is 19.2 Å². The van der Waals surface area contributed by atoms with Crippen molar-refractivity contribution < 1.29 is 18.4 Å². The van der Waals surface area contributed by atoms with Gasteiger partial charge in [-0.2, -0.15) is 0 Å². The van der Waals surface area contributed by atoms with E-state index in [1.165, 1.54) is 6.42 Å². The van der Waals surface area contributed by atoms with Gasteiger partial charge in [0.1, 0.15) is 21.6 Å². The summed E-state index contributed by atoms with van der Waals surface area (Å²) < 4.78 is 17.1. The van der Waals surface area contributed by atoms with Gasteiger partial charge in [-0.1, -0.05) is 58.0 Å². The number of ether oxygens (including phenoxy) is 1. The van der Waals surface area contributed by atoms with E-state index in [1.54, 1.807) is 23.3 Å². The zero-order chi connectivity index (χ0) is 24.2. The molecule has 1 aliphatic rings. The normalized spacial score (nSPS) is 13.9. The van der Waals surface area contributed by atoms with Gasteiger partial charge in [-0.05, 0) is 37.5 Å². The summed E-state index contributed by atoms with van der Waals surface area (Å²) >= 11 is 30.6. The number of furan rings is 2. The number of carbonyl (C=O) groups is 1. The molecule has 0 radical (unpaired) electrons. The van der Waals surface area contributed by atoms with E-state index in [2.05, 4.69) is 4.90 Å². The molecule has 11 heteroatoms. The number of hydrogen-bond donors (Lipinski definition) is 0. The Morgan fingerprint density at radius 1 is 0.882 bits per heavy atom. The third-order valence-electron chi connectivity index (χ3n) is 5.45. The topological polar surface area (TPSA) is 59.1 Å². The van der Waals surface area contributed by atoms with Crippen molar-refractivity contribution in [2.75, 3.05) is 24.6 Å². The molecule has 3 heterocycles. The summed E-state index contributed by atoms with van der Waals surface area (Å²) in [6.07, 6.45) is 5.06. The summed E-state index contributed by atoms with van der Waals surface area (Å²) in [4.78, 5) is 16.9. The zero-order valence-electron chi connectivity index (χ0n) is 18.0. The van der Waals surface area contributed by atoms with E-state index in [4.69, 9.17) is 71.6 Å². The number of piperidine rings is 1. The molecule has 0 atom stereocenters. The molecule has 182 valence electrons. The van der Waals surface area contributed by atoms with Gasteiger partial charge in [-0.25, -0.2) is 0 Å². The lowest BCUT2D eigenvalue weighted by molar-refractivity contribution is -0.135. The van der Waals surface area contributed by atoms with Crippen LogP contribution in [0.25, 0.3) is 0 Å². The molecule has 1 saturated heterocycles. The van der Waals surface area contributed by atoms with Crippen molar-refractivity contribution in [2.24, 2.45) is 0 Å². The molecule has 2 aromatic heterocycles. The standard InChI is InChI=1S/C23H21Cl5N2O4/c24-18-19(25)21(27)23(22(28)20(18)26)33-13-16(31)30(11-14-5-4-10-32-14)12-15-6-7-17(34-15)29-8-2-1-3-9-29/h4-7,10H,1-3,8-9,11-13H2. The Kier molecular flexibility index (Phi) is 8.48. The van der Waals surface area contributed by atoms with Gasteiger partial charge < -0.3 is 23.4 Å². The van der Waals surface area contributed by atoms with Crippen LogP contribution in [0.1, 0.15) is 30.8 Å². The van der Waals surface area contributed by atoms with Crippen molar-refractivity contribution in [3.05, 3.63) is 67.2 Å². The van der Waals surface area contributed by atoms with Gasteiger partial charge in [0.15, 0.2) is 18.2 Å². The molecule has 0 unspecified atom stereocenters. The minimum absolute atomic E-state index is 0.00606. The Hall–Kier alpha value is -1.70. The molecule has 4 rings (SSSR count). The predicted molar refractivity (Wildman–Crippen MR) is 135 cm³/mol. The predicted octanol–water partition coefficient (Wildman–Crippen LogP) is 7.74. The molecule has 34 heavy (non-hydrogen) atoms. The smallest absolute Gasteiger partial charge is 0.261 e. The zero-order valence-corrected chi connectivity index (χ0v) is 21.7. The molecule has 1 aliphatic heterocycles. The number of nitrogens with zero attached hydrogens (tertiary/aromatic N) is 2. The summed E-state index contributed by atoms with van der Waals surface area (Å²) in [6, 6.07) is 7.35. The maximum Gasteiger partial charge on any atom is 0.261 e. The average molecular weight is 567 g/mol. The highest BCUT2D eigenvalue weighted by Crippen LogP contribution is 2.48. The molecule has 0 spiro atoms. The second-order valence-electron chi connectivity index (χ2n) is 7.80. The highest BCUT2D eigenvalue weighted by atomic mass is 35.5. The quantitative estimate of drug-likeness (QED) is 0.206. The average Bonchev–Trinajstić information content (AvgIpc) is 3.54. The van der Waals surface area contributed by atoms with Crippen LogP contribution in [0.5, 0.6) is 5.75 Å². The monoisotopic (exact) mass is 564 g/mol. The van der Waals surface area contributed by atoms with Crippen LogP contribution < -0.4 is 9.64 Å². The van der Waals surface area contributed by atoms with Crippen molar-refractivity contribution >= 4 is 69.8 Å². The Morgan fingerprint density at radius 2 is 1.53 bits per heavy atom. The van der Waals surface area contributed by atoms with Crippen LogP contribution in [-0.2, 0) is 17.9 Å². The SMILES string of the molecule is O=C(COc1c(Cl)c(Cl)c(Cl)c(Cl)c1Cl)N(Cc1ccco1)Cc1ccc(N2CCCCC2)o1. The minimum atomic E-state index is -0.367. The molecular weight excluding hydrogens is 546 g/mol. The molecule has 1 fully saturated rings. The molecule has 0 aliphatic carbocycles. The maximum atomic E-state index is 13.1. The van der Waals surface area contributed by atoms with Gasteiger partial charge in [-0.3, -0.25) is 4.79 Å². The van der Waals surface area contributed by atoms with Crippen LogP contribution in [0.4, 0.5) is 5.88 Å². The molecule has 6 nitrogen and oxygen atoms in total. The van der Waals surface area contributed by atoms with E-state index in [0.29, 0.717) is 11.5 Å². The van der Waals surface area contributed by atoms with Crippen LogP contribution in [0.15, 0.2) is 39.4 Å². The van der Waals surface area contributed by atoms with Crippen LogP contribution in [0.2, 0.25) is 25.1 Å². The fraction of sp³-hybridized carbons (Fsp3) is 0.348. The van der Waals surface area contributed by atoms with Gasteiger partial charge in [0.2, 0.25) is 0 Å². The number of benzene rings is 1. The number of rotatable bonds is 8. The first-order chi connectivity index (χ1) is 16.3. The first kappa shape index (κ1) is 25.4. The lowest BCUT2D eigenvalue weighted by Crippen LogP contribution is -2.34. The van der Waals surface area contributed by atoms with E-state index in [-0.39, 0.29) is 56.5 Å². The molecule has 1 amide bonds. The van der Waals surface area contributed by atoms with E-state index < -0.39 is 0 Å².